The Labute approximate surface area is 90.0 Å². The highest BCUT2D eigenvalue weighted by Crippen LogP contribution is 2.29. The number of halogens is 3. The normalized spacial score (nSPS) is 11.9. The maximum absolute atomic E-state index is 12.2. The number of hydrogen-bond acceptors (Lipinski definition) is 1. The Kier molecular flexibility index (Phi) is 3.71. The highest BCUT2D eigenvalue weighted by Gasteiger charge is 2.29. The number of hydrogen-bond donors (Lipinski definition) is 1. The fourth-order valence-electron chi connectivity index (χ4n) is 1.08. The van der Waals surface area contributed by atoms with E-state index in [9.17, 15) is 18.0 Å². The van der Waals surface area contributed by atoms with Gasteiger partial charge in [0, 0.05) is 0 Å². The van der Waals surface area contributed by atoms with Gasteiger partial charge in [-0.2, -0.15) is 13.2 Å². The molecule has 0 aliphatic rings. The van der Waals surface area contributed by atoms with Crippen LogP contribution in [0.15, 0.2) is 30.3 Å². The summed E-state index contributed by atoms with van der Waals surface area (Å²) >= 11 is 0. The molecule has 0 aromatic heterocycles. The van der Waals surface area contributed by atoms with Crippen LogP contribution in [0.25, 0.3) is 6.08 Å². The van der Waals surface area contributed by atoms with Gasteiger partial charge in [-0.15, -0.1) is 0 Å². The van der Waals surface area contributed by atoms with Crippen LogP contribution in [0.1, 0.15) is 17.5 Å². The second-order valence-electron chi connectivity index (χ2n) is 3.12. The molecule has 2 nitrogen and oxygen atoms in total. The molecule has 1 rings (SSSR count). The Bertz CT molecular complexity index is 391. The number of aliphatic carboxylic acids is 1. The molecule has 0 aliphatic heterocycles. The van der Waals surface area contributed by atoms with Crippen LogP contribution in [0.3, 0.4) is 0 Å². The third kappa shape index (κ3) is 3.76. The summed E-state index contributed by atoms with van der Waals surface area (Å²) in [4.78, 5) is 10.2. The average Bonchev–Trinajstić information content (AvgIpc) is 2.16. The minimum Gasteiger partial charge on any atom is -0.481 e. The summed E-state index contributed by atoms with van der Waals surface area (Å²) in [5.41, 5.74) is -0.183. The topological polar surface area (TPSA) is 37.3 Å². The molecular formula is C11H9F3O2. The van der Waals surface area contributed by atoms with Gasteiger partial charge in [0.1, 0.15) is 0 Å². The van der Waals surface area contributed by atoms with Crippen molar-refractivity contribution in [2.45, 2.75) is 12.6 Å². The first kappa shape index (κ1) is 12.3. The number of benzene rings is 1. The average molecular weight is 230 g/mol. The van der Waals surface area contributed by atoms with Gasteiger partial charge in [0.2, 0.25) is 0 Å². The maximum atomic E-state index is 12.2. The second-order valence-corrected chi connectivity index (χ2v) is 3.12. The molecule has 0 saturated carbocycles. The molecule has 0 unspecified atom stereocenters. The predicted octanol–water partition coefficient (Wildman–Crippen LogP) is 3.19. The third-order valence-electron chi connectivity index (χ3n) is 1.84. The maximum Gasteiger partial charge on any atom is 0.416 e. The molecule has 0 bridgehead atoms. The zero-order valence-corrected chi connectivity index (χ0v) is 8.16. The van der Waals surface area contributed by atoms with Crippen LogP contribution in [0.5, 0.6) is 0 Å². The highest BCUT2D eigenvalue weighted by atomic mass is 19.4. The first-order valence-corrected chi connectivity index (χ1v) is 4.45. The van der Waals surface area contributed by atoms with Crippen molar-refractivity contribution >= 4 is 12.0 Å². The Morgan fingerprint density at radius 3 is 2.25 bits per heavy atom. The van der Waals surface area contributed by atoms with Crippen molar-refractivity contribution in [3.05, 3.63) is 41.5 Å². The molecule has 16 heavy (non-hydrogen) atoms. The lowest BCUT2D eigenvalue weighted by molar-refractivity contribution is -0.138. The standard InChI is InChI=1S/C11H9F3O2/c12-11(13,14)9-6-4-8(5-7-9)2-1-3-10(15)16/h1-2,4-7H,3H2,(H,15,16). The summed E-state index contributed by atoms with van der Waals surface area (Å²) < 4.78 is 36.5. The van der Waals surface area contributed by atoms with Gasteiger partial charge in [-0.1, -0.05) is 24.3 Å². The monoisotopic (exact) mass is 230 g/mol. The van der Waals surface area contributed by atoms with E-state index in [-0.39, 0.29) is 6.42 Å². The molecule has 0 amide bonds. The van der Waals surface area contributed by atoms with Crippen LogP contribution >= 0.6 is 0 Å². The SMILES string of the molecule is O=C(O)CC=Cc1ccc(C(F)(F)F)cc1. The number of carboxylic acids is 1. The van der Waals surface area contributed by atoms with E-state index in [0.29, 0.717) is 5.56 Å². The quantitative estimate of drug-likeness (QED) is 0.865. The Balaban J connectivity index is 2.72. The number of rotatable bonds is 3. The highest BCUT2D eigenvalue weighted by molar-refractivity contribution is 5.70. The summed E-state index contributed by atoms with van der Waals surface area (Å²) in [6.07, 6.45) is -1.65. The summed E-state index contributed by atoms with van der Waals surface area (Å²) in [6.45, 7) is 0. The lowest BCUT2D eigenvalue weighted by atomic mass is 10.1. The van der Waals surface area contributed by atoms with Crippen LogP contribution in [-0.4, -0.2) is 11.1 Å². The number of carbonyl (C=O) groups is 1. The third-order valence-corrected chi connectivity index (χ3v) is 1.84. The lowest BCUT2D eigenvalue weighted by Crippen LogP contribution is -2.03. The smallest absolute Gasteiger partial charge is 0.416 e. The molecule has 0 spiro atoms. The van der Waals surface area contributed by atoms with Gasteiger partial charge in [-0.25, -0.2) is 0 Å². The summed E-state index contributed by atoms with van der Waals surface area (Å²) in [6, 6.07) is 4.50. The van der Waals surface area contributed by atoms with Crippen LogP contribution in [-0.2, 0) is 11.0 Å². The molecule has 1 N–H and O–H groups in total. The minimum atomic E-state index is -4.34. The van der Waals surface area contributed by atoms with Crippen molar-refractivity contribution in [1.29, 1.82) is 0 Å². The molecule has 86 valence electrons. The first-order valence-electron chi connectivity index (χ1n) is 4.45. The summed E-state index contributed by atoms with van der Waals surface area (Å²) in [5, 5.41) is 8.34. The Morgan fingerprint density at radius 1 is 1.25 bits per heavy atom. The largest absolute Gasteiger partial charge is 0.481 e. The Morgan fingerprint density at radius 2 is 1.81 bits per heavy atom. The summed E-state index contributed by atoms with van der Waals surface area (Å²) in [7, 11) is 0. The van der Waals surface area contributed by atoms with E-state index in [1.54, 1.807) is 0 Å². The van der Waals surface area contributed by atoms with E-state index < -0.39 is 17.7 Å². The molecule has 1 aromatic carbocycles. The number of alkyl halides is 3. The van der Waals surface area contributed by atoms with Crippen molar-refractivity contribution in [2.24, 2.45) is 0 Å². The van der Waals surface area contributed by atoms with E-state index in [1.165, 1.54) is 24.3 Å². The predicted molar refractivity (Wildman–Crippen MR) is 52.7 cm³/mol. The van der Waals surface area contributed by atoms with Crippen LogP contribution in [0.4, 0.5) is 13.2 Å². The van der Waals surface area contributed by atoms with Crippen LogP contribution in [0.2, 0.25) is 0 Å². The van der Waals surface area contributed by atoms with Gasteiger partial charge in [0.25, 0.3) is 0 Å². The van der Waals surface area contributed by atoms with Crippen molar-refractivity contribution in [2.75, 3.05) is 0 Å². The van der Waals surface area contributed by atoms with E-state index in [0.717, 1.165) is 12.1 Å². The fraction of sp³-hybridized carbons (Fsp3) is 0.182. The fourth-order valence-corrected chi connectivity index (χ4v) is 1.08. The molecule has 0 aliphatic carbocycles. The van der Waals surface area contributed by atoms with Crippen molar-refractivity contribution in [3.63, 3.8) is 0 Å². The van der Waals surface area contributed by atoms with Crippen molar-refractivity contribution in [3.8, 4) is 0 Å². The summed E-state index contributed by atoms with van der Waals surface area (Å²) in [5.74, 6) is -0.983. The first-order chi connectivity index (χ1) is 7.39. The van der Waals surface area contributed by atoms with Gasteiger partial charge in [-0.05, 0) is 17.7 Å². The van der Waals surface area contributed by atoms with Gasteiger partial charge in [0.15, 0.2) is 0 Å². The van der Waals surface area contributed by atoms with Gasteiger partial charge in [-0.3, -0.25) is 4.79 Å². The van der Waals surface area contributed by atoms with Crippen molar-refractivity contribution in [1.82, 2.24) is 0 Å². The minimum absolute atomic E-state index is 0.152. The molecule has 0 saturated heterocycles. The molecule has 1 aromatic rings. The van der Waals surface area contributed by atoms with Gasteiger partial charge in [0.05, 0.1) is 12.0 Å². The van der Waals surface area contributed by atoms with Gasteiger partial charge < -0.3 is 5.11 Å². The molecule has 0 fully saturated rings. The van der Waals surface area contributed by atoms with Gasteiger partial charge >= 0.3 is 12.1 Å². The van der Waals surface area contributed by atoms with E-state index in [4.69, 9.17) is 5.11 Å². The molecular weight excluding hydrogens is 221 g/mol. The zero-order chi connectivity index (χ0) is 12.2. The lowest BCUT2D eigenvalue weighted by Gasteiger charge is -2.05. The molecule has 0 radical (unpaired) electrons. The van der Waals surface area contributed by atoms with Crippen molar-refractivity contribution < 1.29 is 23.1 Å². The number of carboxylic acid groups (broad SMARTS) is 1. The Hall–Kier alpha value is -1.78. The van der Waals surface area contributed by atoms with Crippen LogP contribution < -0.4 is 0 Å². The molecule has 5 heteroatoms. The van der Waals surface area contributed by atoms with E-state index >= 15 is 0 Å². The molecule has 0 atom stereocenters. The van der Waals surface area contributed by atoms with E-state index in [1.807, 2.05) is 0 Å². The second kappa shape index (κ2) is 4.83. The zero-order valence-electron chi connectivity index (χ0n) is 8.16. The van der Waals surface area contributed by atoms with Crippen LogP contribution in [0, 0.1) is 0 Å². The molecule has 0 heterocycles. The van der Waals surface area contributed by atoms with E-state index in [2.05, 4.69) is 0 Å².